The highest BCUT2D eigenvalue weighted by Gasteiger charge is 2.13. The van der Waals surface area contributed by atoms with Gasteiger partial charge in [0.05, 0.1) is 6.54 Å². The molecule has 2 aromatic carbocycles. The monoisotopic (exact) mass is 384 g/mol. The van der Waals surface area contributed by atoms with Gasteiger partial charge in [-0.05, 0) is 67.5 Å². The molecule has 1 aliphatic carbocycles. The van der Waals surface area contributed by atoms with Crippen LogP contribution in [0.15, 0.2) is 41.4 Å². The lowest BCUT2D eigenvalue weighted by atomic mass is 9.90. The molecule has 0 fully saturated rings. The molecular formula is C21H25ClN4O. The van der Waals surface area contributed by atoms with Gasteiger partial charge in [0, 0.05) is 22.8 Å². The lowest BCUT2D eigenvalue weighted by molar-refractivity contribution is -0.116. The smallest absolute Gasteiger partial charge is 0.226 e. The molecule has 142 valence electrons. The highest BCUT2D eigenvalue weighted by Crippen LogP contribution is 2.27. The number of fused-ring (bicyclic) bond motifs is 1. The third-order valence-corrected chi connectivity index (χ3v) is 5.23. The molecule has 0 radical (unpaired) electrons. The molecule has 0 saturated heterocycles. The van der Waals surface area contributed by atoms with Gasteiger partial charge in [0.15, 0.2) is 5.96 Å². The van der Waals surface area contributed by atoms with Crippen LogP contribution < -0.4 is 16.4 Å². The molecule has 6 heteroatoms. The number of nitrogens with zero attached hydrogens (tertiary/aromatic N) is 1. The summed E-state index contributed by atoms with van der Waals surface area (Å²) in [6, 6.07) is 11.7. The van der Waals surface area contributed by atoms with Crippen LogP contribution in [-0.4, -0.2) is 18.4 Å². The summed E-state index contributed by atoms with van der Waals surface area (Å²) < 4.78 is 0. The van der Waals surface area contributed by atoms with E-state index in [9.17, 15) is 4.79 Å². The molecule has 0 unspecified atom stereocenters. The van der Waals surface area contributed by atoms with E-state index >= 15 is 0 Å². The van der Waals surface area contributed by atoms with E-state index in [0.29, 0.717) is 17.5 Å². The minimum Gasteiger partial charge on any atom is -0.370 e. The van der Waals surface area contributed by atoms with Gasteiger partial charge in [-0.15, -0.1) is 0 Å². The zero-order valence-corrected chi connectivity index (χ0v) is 16.3. The number of anilines is 2. The van der Waals surface area contributed by atoms with Crippen molar-refractivity contribution >= 4 is 34.8 Å². The fourth-order valence-electron chi connectivity index (χ4n) is 3.31. The third kappa shape index (κ3) is 5.01. The number of hydrogen-bond donors (Lipinski definition) is 3. The molecule has 0 bridgehead atoms. The Balaban J connectivity index is 1.54. The minimum absolute atomic E-state index is 0.117. The Morgan fingerprint density at radius 3 is 2.70 bits per heavy atom. The van der Waals surface area contributed by atoms with E-state index in [-0.39, 0.29) is 12.3 Å². The van der Waals surface area contributed by atoms with E-state index in [4.69, 9.17) is 17.3 Å². The van der Waals surface area contributed by atoms with Crippen LogP contribution >= 0.6 is 11.6 Å². The highest BCUT2D eigenvalue weighted by atomic mass is 35.5. The highest BCUT2D eigenvalue weighted by molar-refractivity contribution is 6.31. The van der Waals surface area contributed by atoms with E-state index in [1.165, 1.54) is 24.0 Å². The predicted octanol–water partition coefficient (Wildman–Crippen LogP) is 4.28. The fraction of sp³-hybridized carbons (Fsp3) is 0.333. The number of nitrogens with one attached hydrogen (secondary N) is 2. The number of carbonyl (C=O) groups excluding carboxylic acids is 1. The fourth-order valence-corrected chi connectivity index (χ4v) is 3.48. The van der Waals surface area contributed by atoms with Crippen molar-refractivity contribution in [2.75, 3.05) is 17.2 Å². The Bertz CT molecular complexity index is 863. The first-order chi connectivity index (χ1) is 13.0. The molecule has 3 rings (SSSR count). The normalized spacial score (nSPS) is 13.8. The predicted molar refractivity (Wildman–Crippen MR) is 113 cm³/mol. The number of guanidine groups is 1. The van der Waals surface area contributed by atoms with E-state index < -0.39 is 0 Å². The van der Waals surface area contributed by atoms with Crippen molar-refractivity contribution in [3.63, 3.8) is 0 Å². The quantitative estimate of drug-likeness (QED) is 0.531. The van der Waals surface area contributed by atoms with Crippen molar-refractivity contribution in [3.05, 3.63) is 58.1 Å². The SMILES string of the molecule is Cc1c(Cl)cccc1NC(=O)CCN=C(N)Nc1cccc2c1CCCC2. The Morgan fingerprint density at radius 2 is 1.85 bits per heavy atom. The van der Waals surface area contributed by atoms with Gasteiger partial charge in [0.2, 0.25) is 5.91 Å². The lowest BCUT2D eigenvalue weighted by Gasteiger charge is -2.19. The number of rotatable bonds is 5. The zero-order valence-electron chi connectivity index (χ0n) is 15.5. The second-order valence-corrected chi connectivity index (χ2v) is 7.16. The second-order valence-electron chi connectivity index (χ2n) is 6.75. The van der Waals surface area contributed by atoms with Gasteiger partial charge in [0.1, 0.15) is 0 Å². The molecule has 2 aromatic rings. The number of benzene rings is 2. The van der Waals surface area contributed by atoms with Crippen LogP contribution in [0.5, 0.6) is 0 Å². The summed E-state index contributed by atoms with van der Waals surface area (Å²) in [6.07, 6.45) is 4.87. The maximum absolute atomic E-state index is 12.1. The van der Waals surface area contributed by atoms with Crippen molar-refractivity contribution in [2.45, 2.75) is 39.0 Å². The third-order valence-electron chi connectivity index (χ3n) is 4.82. The number of halogens is 1. The summed E-state index contributed by atoms with van der Waals surface area (Å²) >= 11 is 6.07. The number of aliphatic imine (C=N–C) groups is 1. The molecule has 4 N–H and O–H groups in total. The van der Waals surface area contributed by atoms with E-state index in [1.807, 2.05) is 31.2 Å². The Hall–Kier alpha value is -2.53. The van der Waals surface area contributed by atoms with Crippen molar-refractivity contribution in [3.8, 4) is 0 Å². The summed E-state index contributed by atoms with van der Waals surface area (Å²) in [5.74, 6) is 0.217. The maximum Gasteiger partial charge on any atom is 0.226 e. The number of aryl methyl sites for hydroxylation is 1. The molecule has 27 heavy (non-hydrogen) atoms. The van der Waals surface area contributed by atoms with Crippen molar-refractivity contribution in [1.29, 1.82) is 0 Å². The summed E-state index contributed by atoms with van der Waals surface area (Å²) in [5, 5.41) is 6.68. The van der Waals surface area contributed by atoms with Gasteiger partial charge in [-0.3, -0.25) is 9.79 Å². The summed E-state index contributed by atoms with van der Waals surface area (Å²) in [6.45, 7) is 2.19. The lowest BCUT2D eigenvalue weighted by Crippen LogP contribution is -2.25. The standard InChI is InChI=1S/C21H25ClN4O/c1-14-17(22)9-5-10-18(14)25-20(27)12-13-24-21(23)26-19-11-4-7-15-6-2-3-8-16(15)19/h4-5,7,9-11H,2-3,6,8,12-13H2,1H3,(H,25,27)(H3,23,24,26). The van der Waals surface area contributed by atoms with Crippen LogP contribution in [0.2, 0.25) is 5.02 Å². The Morgan fingerprint density at radius 1 is 1.11 bits per heavy atom. The molecule has 0 heterocycles. The van der Waals surface area contributed by atoms with Gasteiger partial charge < -0.3 is 16.4 Å². The second kappa shape index (κ2) is 8.91. The number of nitrogens with two attached hydrogens (primary N) is 1. The average molecular weight is 385 g/mol. The van der Waals surface area contributed by atoms with Crippen LogP contribution in [0.1, 0.15) is 36.0 Å². The van der Waals surface area contributed by atoms with Crippen molar-refractivity contribution in [2.24, 2.45) is 10.7 Å². The summed E-state index contributed by atoms with van der Waals surface area (Å²) in [4.78, 5) is 16.4. The first-order valence-electron chi connectivity index (χ1n) is 9.27. The van der Waals surface area contributed by atoms with Gasteiger partial charge in [-0.25, -0.2) is 0 Å². The molecule has 1 amide bonds. The Kier molecular flexibility index (Phi) is 6.35. The van der Waals surface area contributed by atoms with E-state index in [2.05, 4.69) is 21.7 Å². The Labute approximate surface area is 165 Å². The molecule has 0 aliphatic heterocycles. The van der Waals surface area contributed by atoms with Crippen LogP contribution in [0, 0.1) is 6.92 Å². The number of hydrogen-bond acceptors (Lipinski definition) is 2. The largest absolute Gasteiger partial charge is 0.370 e. The molecule has 5 nitrogen and oxygen atoms in total. The summed E-state index contributed by atoms with van der Waals surface area (Å²) in [5.41, 5.74) is 11.3. The molecule has 1 aliphatic rings. The van der Waals surface area contributed by atoms with Gasteiger partial charge >= 0.3 is 0 Å². The molecular weight excluding hydrogens is 360 g/mol. The average Bonchev–Trinajstić information content (AvgIpc) is 2.66. The minimum atomic E-state index is -0.117. The molecule has 0 saturated carbocycles. The molecule has 0 atom stereocenters. The molecule has 0 spiro atoms. The molecule has 0 aromatic heterocycles. The van der Waals surface area contributed by atoms with Crippen LogP contribution in [-0.2, 0) is 17.6 Å². The van der Waals surface area contributed by atoms with Gasteiger partial charge in [0.25, 0.3) is 0 Å². The number of amides is 1. The topological polar surface area (TPSA) is 79.5 Å². The van der Waals surface area contributed by atoms with Gasteiger partial charge in [-0.1, -0.05) is 29.8 Å². The van der Waals surface area contributed by atoms with E-state index in [1.54, 1.807) is 6.07 Å². The van der Waals surface area contributed by atoms with Crippen LogP contribution in [0.4, 0.5) is 11.4 Å². The van der Waals surface area contributed by atoms with E-state index in [0.717, 1.165) is 29.8 Å². The number of carbonyl (C=O) groups is 1. The first kappa shape index (κ1) is 19.2. The van der Waals surface area contributed by atoms with Crippen LogP contribution in [0.25, 0.3) is 0 Å². The first-order valence-corrected chi connectivity index (χ1v) is 9.65. The van der Waals surface area contributed by atoms with Gasteiger partial charge in [-0.2, -0.15) is 0 Å². The zero-order chi connectivity index (χ0) is 19.2. The summed E-state index contributed by atoms with van der Waals surface area (Å²) in [7, 11) is 0. The van der Waals surface area contributed by atoms with Crippen molar-refractivity contribution < 1.29 is 4.79 Å². The maximum atomic E-state index is 12.1. The van der Waals surface area contributed by atoms with Crippen LogP contribution in [0.3, 0.4) is 0 Å². The van der Waals surface area contributed by atoms with Crippen molar-refractivity contribution in [1.82, 2.24) is 0 Å².